The summed E-state index contributed by atoms with van der Waals surface area (Å²) >= 11 is 15.0. The van der Waals surface area contributed by atoms with E-state index in [4.69, 9.17) is 56.4 Å². The molecule has 1 aliphatic rings. The van der Waals surface area contributed by atoms with Crippen molar-refractivity contribution in [1.29, 1.82) is 0 Å². The van der Waals surface area contributed by atoms with Crippen LogP contribution in [0.2, 0.25) is 10.0 Å². The lowest BCUT2D eigenvalue weighted by atomic mass is 9.97. The fourth-order valence-electron chi connectivity index (χ4n) is 10.1. The first-order valence-electron chi connectivity index (χ1n) is 23.3. The van der Waals surface area contributed by atoms with Gasteiger partial charge >= 0.3 is 5.97 Å². The van der Waals surface area contributed by atoms with E-state index in [-0.39, 0.29) is 12.7 Å². The summed E-state index contributed by atoms with van der Waals surface area (Å²) in [6.07, 6.45) is 4.93. The van der Waals surface area contributed by atoms with Crippen LogP contribution in [-0.2, 0) is 9.53 Å². The van der Waals surface area contributed by atoms with Gasteiger partial charge in [0, 0.05) is 11.1 Å². The quantitative estimate of drug-likeness (QED) is 0.0701. The molecule has 0 aliphatic heterocycles. The highest BCUT2D eigenvalue weighted by Gasteiger charge is 2.35. The molecular formula is C57H64Cl2O8P2. The van der Waals surface area contributed by atoms with Gasteiger partial charge < -0.3 is 33.2 Å². The molecule has 69 heavy (non-hydrogen) atoms. The Kier molecular flexibility index (Phi) is 16.8. The van der Waals surface area contributed by atoms with E-state index in [0.29, 0.717) is 27.1 Å². The number of aryl methyl sites for hydroxylation is 8. The van der Waals surface area contributed by atoms with E-state index >= 15 is 0 Å². The Balaban J connectivity index is 1.71. The lowest BCUT2D eigenvalue weighted by molar-refractivity contribution is -0.142. The van der Waals surface area contributed by atoms with Crippen LogP contribution in [0.4, 0.5) is 0 Å². The second kappa shape index (κ2) is 22.4. The maximum absolute atomic E-state index is 13.2. The van der Waals surface area contributed by atoms with Crippen LogP contribution in [0.1, 0.15) is 76.6 Å². The fourth-order valence-corrected chi connectivity index (χ4v) is 16.1. The molecule has 0 aromatic heterocycles. The lowest BCUT2D eigenvalue weighted by Crippen LogP contribution is -2.29. The van der Waals surface area contributed by atoms with Crippen molar-refractivity contribution in [2.24, 2.45) is 0 Å². The number of hydrogen-bond acceptors (Lipinski definition) is 8. The second-order valence-corrected chi connectivity index (χ2v) is 23.1. The molecule has 1 aliphatic carbocycles. The molecule has 12 heteroatoms. The van der Waals surface area contributed by atoms with E-state index in [2.05, 4.69) is 116 Å². The summed E-state index contributed by atoms with van der Waals surface area (Å²) in [5, 5.41) is 7.04. The predicted octanol–water partition coefficient (Wildman–Crippen LogP) is 11.9. The van der Waals surface area contributed by atoms with E-state index in [1.165, 1.54) is 7.11 Å². The number of halogens is 2. The van der Waals surface area contributed by atoms with Crippen molar-refractivity contribution < 1.29 is 38.0 Å². The van der Waals surface area contributed by atoms with Crippen LogP contribution in [0.15, 0.2) is 72.8 Å². The molecule has 1 fully saturated rings. The maximum Gasteiger partial charge on any atom is 0.343 e. The van der Waals surface area contributed by atoms with Gasteiger partial charge in [0.05, 0.1) is 51.7 Å². The molecular weight excluding hydrogens is 945 g/mol. The normalized spacial score (nSPS) is 12.9. The minimum atomic E-state index is -1.45. The molecule has 0 spiro atoms. The number of rotatable bonds is 16. The first kappa shape index (κ1) is 51.9. The summed E-state index contributed by atoms with van der Waals surface area (Å²) in [6.45, 7) is 16.3. The first-order chi connectivity index (χ1) is 33.0. The predicted molar refractivity (Wildman–Crippen MR) is 288 cm³/mol. The van der Waals surface area contributed by atoms with Gasteiger partial charge in [0.1, 0.15) is 34.5 Å². The van der Waals surface area contributed by atoms with Gasteiger partial charge in [-0.2, -0.15) is 0 Å². The Morgan fingerprint density at radius 2 is 0.797 bits per heavy atom. The van der Waals surface area contributed by atoms with Crippen molar-refractivity contribution in [3.05, 3.63) is 127 Å². The number of benzene rings is 6. The highest BCUT2D eigenvalue weighted by atomic mass is 35.5. The fraction of sp³-hybridized carbons (Fsp3) is 0.351. The Morgan fingerprint density at radius 3 is 1.12 bits per heavy atom. The molecule has 6 aromatic rings. The zero-order valence-corrected chi connectivity index (χ0v) is 45.5. The van der Waals surface area contributed by atoms with Crippen molar-refractivity contribution in [3.63, 3.8) is 0 Å². The van der Waals surface area contributed by atoms with E-state index in [1.807, 2.05) is 12.1 Å². The van der Waals surface area contributed by atoms with Crippen LogP contribution < -0.4 is 60.2 Å². The van der Waals surface area contributed by atoms with Crippen LogP contribution in [0, 0.1) is 55.4 Å². The molecule has 0 atom stereocenters. The summed E-state index contributed by atoms with van der Waals surface area (Å²) in [5.74, 6) is 3.66. The van der Waals surface area contributed by atoms with Crippen molar-refractivity contribution in [1.82, 2.24) is 0 Å². The average Bonchev–Trinajstić information content (AvgIpc) is 3.30. The summed E-state index contributed by atoms with van der Waals surface area (Å²) in [4.78, 5) is 13.2. The molecule has 0 unspecified atom stereocenters. The summed E-state index contributed by atoms with van der Waals surface area (Å²) in [5.41, 5.74) is 9.51. The molecule has 8 nitrogen and oxygen atoms in total. The number of carbonyl (C=O) groups is 1. The van der Waals surface area contributed by atoms with Crippen LogP contribution in [0.25, 0.3) is 11.1 Å². The van der Waals surface area contributed by atoms with E-state index < -0.39 is 21.8 Å². The molecule has 0 bridgehead atoms. The van der Waals surface area contributed by atoms with Gasteiger partial charge in [-0.3, -0.25) is 0 Å². The van der Waals surface area contributed by atoms with Gasteiger partial charge in [-0.15, -0.1) is 0 Å². The maximum atomic E-state index is 13.2. The zero-order valence-electron chi connectivity index (χ0n) is 42.2. The smallest absolute Gasteiger partial charge is 0.343 e. The first-order valence-corrected chi connectivity index (χ1v) is 26.7. The summed E-state index contributed by atoms with van der Waals surface area (Å²) in [7, 11) is 5.31. The van der Waals surface area contributed by atoms with Gasteiger partial charge in [-0.1, -0.05) is 41.8 Å². The highest BCUT2D eigenvalue weighted by Crippen LogP contribution is 2.52. The van der Waals surface area contributed by atoms with Crippen molar-refractivity contribution in [3.8, 4) is 45.6 Å². The largest absolute Gasteiger partial charge is 0.496 e. The van der Waals surface area contributed by atoms with Crippen molar-refractivity contribution >= 4 is 76.8 Å². The van der Waals surface area contributed by atoms with Gasteiger partial charge in [0.2, 0.25) is 0 Å². The third kappa shape index (κ3) is 10.7. The molecule has 1 saturated carbocycles. The van der Waals surface area contributed by atoms with Crippen LogP contribution >= 0.6 is 39.0 Å². The molecule has 364 valence electrons. The molecule has 0 radical (unpaired) electrons. The Bertz CT molecular complexity index is 2680. The van der Waals surface area contributed by atoms with Gasteiger partial charge in [0.25, 0.3) is 0 Å². The molecule has 0 saturated heterocycles. The summed E-state index contributed by atoms with van der Waals surface area (Å²) < 4.78 is 43.0. The number of ether oxygens (including phenoxy) is 7. The SMILES string of the molecule is COC(=O)COc1c(Cl)ccc(P(c2cc(C)c(OC)c(C)c2)c2cc(C)c(OC)c(C)c2)c1-c1c(P(c2cc(C)c(OC)c(C)c2)c2cc(C)c(OC)c(C)c2)ccc(Cl)c1OC1CCCCC1. The zero-order chi connectivity index (χ0) is 49.8. The Hall–Kier alpha value is -4.97. The minimum absolute atomic E-state index is 0.0882. The van der Waals surface area contributed by atoms with Crippen molar-refractivity contribution in [2.75, 3.05) is 42.2 Å². The molecule has 0 heterocycles. The molecule has 0 amide bonds. The standard InChI is InChI=1S/C57H64Cl2O8P2/c1-32-23-41(24-33(2)52(32)62-10)68(42-25-34(3)53(63-11)35(4)26-42)47-21-19-45(58)56(66-31-49(60)61-9)50(47)51-48(22-20-46(59)57(51)67-40-17-15-14-16-18-40)69(43-27-36(5)54(64-12)37(6)28-43)44-29-38(7)55(65-13)39(8)30-44/h19-30,40H,14-18,31H2,1-13H3. The monoisotopic (exact) mass is 1010 g/mol. The highest BCUT2D eigenvalue weighted by molar-refractivity contribution is 7.80. The minimum Gasteiger partial charge on any atom is -0.496 e. The average molecular weight is 1010 g/mol. The third-order valence-corrected chi connectivity index (χ3v) is 18.3. The molecule has 6 aromatic carbocycles. The van der Waals surface area contributed by atoms with Crippen molar-refractivity contribution in [2.45, 2.75) is 93.6 Å². The number of carbonyl (C=O) groups excluding carboxylic acids is 1. The van der Waals surface area contributed by atoms with Gasteiger partial charge in [-0.05, 0) is 234 Å². The Labute approximate surface area is 421 Å². The molecule has 7 rings (SSSR count). The third-order valence-electron chi connectivity index (χ3n) is 12.9. The molecule has 0 N–H and O–H groups in total. The lowest BCUT2D eigenvalue weighted by Gasteiger charge is -2.32. The second-order valence-electron chi connectivity index (χ2n) is 17.9. The topological polar surface area (TPSA) is 81.7 Å². The number of methoxy groups -OCH3 is 5. The van der Waals surface area contributed by atoms with E-state index in [1.54, 1.807) is 28.4 Å². The number of esters is 1. The van der Waals surface area contributed by atoms with Crippen LogP contribution in [0.5, 0.6) is 34.5 Å². The van der Waals surface area contributed by atoms with Crippen LogP contribution in [0.3, 0.4) is 0 Å². The van der Waals surface area contributed by atoms with Gasteiger partial charge in [-0.25, -0.2) is 4.79 Å². The van der Waals surface area contributed by atoms with E-state index in [0.717, 1.165) is 137 Å². The Morgan fingerprint density at radius 1 is 0.478 bits per heavy atom. The van der Waals surface area contributed by atoms with Gasteiger partial charge in [0.15, 0.2) is 6.61 Å². The van der Waals surface area contributed by atoms with E-state index in [9.17, 15) is 4.79 Å². The number of hydrogen-bond donors (Lipinski definition) is 0. The van der Waals surface area contributed by atoms with Crippen LogP contribution in [-0.4, -0.2) is 54.2 Å². The summed E-state index contributed by atoms with van der Waals surface area (Å²) in [6, 6.07) is 25.9.